The number of nitrogens with one attached hydrogen (secondary N) is 2. The van der Waals surface area contributed by atoms with Crippen LogP contribution in [0.1, 0.15) is 127 Å². The molecule has 1 atom stereocenters. The maximum Gasteiger partial charge on any atom is 0.329 e. The summed E-state index contributed by atoms with van der Waals surface area (Å²) in [7, 11) is 1.67. The number of benzene rings is 2. The highest BCUT2D eigenvalue weighted by Crippen LogP contribution is 2.45. The lowest BCUT2D eigenvalue weighted by Crippen LogP contribution is -2.55. The number of imide groups is 1. The van der Waals surface area contributed by atoms with Gasteiger partial charge in [0.2, 0.25) is 24.1 Å². The van der Waals surface area contributed by atoms with Gasteiger partial charge < -0.3 is 29.3 Å². The summed E-state index contributed by atoms with van der Waals surface area (Å²) in [5, 5.41) is 6.06. The van der Waals surface area contributed by atoms with Crippen molar-refractivity contribution in [1.82, 2.24) is 43.7 Å². The zero-order chi connectivity index (χ0) is 51.3. The van der Waals surface area contributed by atoms with Crippen LogP contribution in [0.3, 0.4) is 0 Å². The third-order valence-corrected chi connectivity index (χ3v) is 17.1. The van der Waals surface area contributed by atoms with Crippen molar-refractivity contribution in [2.24, 2.45) is 7.05 Å². The van der Waals surface area contributed by atoms with Gasteiger partial charge in [0.1, 0.15) is 18.2 Å². The molecule has 4 aliphatic heterocycles. The zero-order valence-electron chi connectivity index (χ0n) is 43.5. The first-order chi connectivity index (χ1) is 35.8. The van der Waals surface area contributed by atoms with Gasteiger partial charge in [0.25, 0.3) is 0 Å². The van der Waals surface area contributed by atoms with Crippen molar-refractivity contribution < 1.29 is 23.9 Å². The van der Waals surface area contributed by atoms with E-state index in [0.29, 0.717) is 48.3 Å². The first kappa shape index (κ1) is 49.8. The Morgan fingerprint density at radius 2 is 1.73 bits per heavy atom. The van der Waals surface area contributed by atoms with Crippen LogP contribution in [0.15, 0.2) is 53.6 Å². The molecule has 3 aromatic heterocycles. The van der Waals surface area contributed by atoms with Crippen molar-refractivity contribution >= 4 is 57.7 Å². The summed E-state index contributed by atoms with van der Waals surface area (Å²) in [6, 6.07) is 14.7. The summed E-state index contributed by atoms with van der Waals surface area (Å²) in [6.07, 6.45) is 14.6. The summed E-state index contributed by atoms with van der Waals surface area (Å²) in [6.45, 7) is 12.3. The second kappa shape index (κ2) is 20.8. The molecule has 2 aliphatic carbocycles. The average molecular weight is 1010 g/mol. The minimum atomic E-state index is -0.761. The third-order valence-electron chi connectivity index (χ3n) is 17.1. The number of aryl methyl sites for hydroxylation is 1. The highest BCUT2D eigenvalue weighted by Gasteiger charge is 2.42. The molecule has 0 bridgehead atoms. The largest absolute Gasteiger partial charge is 0.366 e. The number of piperidine rings is 4. The Bertz CT molecular complexity index is 3080. The van der Waals surface area contributed by atoms with Gasteiger partial charge >= 0.3 is 5.69 Å². The van der Waals surface area contributed by atoms with Gasteiger partial charge in [-0.3, -0.25) is 38.5 Å². The molecule has 390 valence electrons. The van der Waals surface area contributed by atoms with Gasteiger partial charge in [-0.25, -0.2) is 14.8 Å². The summed E-state index contributed by atoms with van der Waals surface area (Å²) < 4.78 is 11.4. The number of ether oxygens (including phenoxy) is 1. The molecule has 11 rings (SSSR count). The standard InChI is InChI=1S/C57H71N11O6/c1-37(2)66-35-58-46-33-45(60-54(53(46)66)59-40-14-15-40)39-13-16-44(49(30-39)67(36-69)42-31-41(32-42)64-23-6-5-7-24-64)57(3)21-27-65(28-22-57)51(71)34-63-25-19-43(20-26-63)74-29-9-11-38-10-8-12-47-52(38)62(4)56(73)68(47)48-17-18-50(70)61-55(48)72/h8,10,12-13,16,30,33,35-37,40-43,48H,5-7,14-15,17-29,31-32,34H2,1-4H3,(H,59,60)(H,61,70,72). The number of likely N-dealkylation sites (tertiary alicyclic amines) is 3. The van der Waals surface area contributed by atoms with Gasteiger partial charge in [-0.1, -0.05) is 43.4 Å². The summed E-state index contributed by atoms with van der Waals surface area (Å²) in [5.41, 5.74) is 7.14. The lowest BCUT2D eigenvalue weighted by Gasteiger charge is -2.49. The maximum absolute atomic E-state index is 14.0. The van der Waals surface area contributed by atoms with Crippen LogP contribution in [0, 0.1) is 11.8 Å². The average Bonchev–Trinajstić information content (AvgIpc) is 4.04. The molecule has 4 saturated heterocycles. The van der Waals surface area contributed by atoms with Gasteiger partial charge in [-0.2, -0.15) is 0 Å². The number of nitrogens with zero attached hydrogens (tertiary/aromatic N) is 9. The third kappa shape index (κ3) is 9.88. The Labute approximate surface area is 433 Å². The van der Waals surface area contributed by atoms with E-state index >= 15 is 0 Å². The number of fused-ring (bicyclic) bond motifs is 2. The van der Waals surface area contributed by atoms with E-state index in [2.05, 4.69) is 81.9 Å². The van der Waals surface area contributed by atoms with Crippen LogP contribution in [-0.2, 0) is 36.4 Å². The first-order valence-electron chi connectivity index (χ1n) is 27.3. The van der Waals surface area contributed by atoms with Crippen LogP contribution in [-0.4, -0.2) is 139 Å². The number of hydrogen-bond acceptors (Lipinski definition) is 11. The van der Waals surface area contributed by atoms with Crippen LogP contribution >= 0.6 is 0 Å². The van der Waals surface area contributed by atoms with E-state index in [1.54, 1.807) is 13.1 Å². The molecular formula is C57H71N11O6. The van der Waals surface area contributed by atoms with Crippen molar-refractivity contribution in [3.63, 3.8) is 0 Å². The van der Waals surface area contributed by atoms with Gasteiger partial charge in [-0.05, 0) is 133 Å². The van der Waals surface area contributed by atoms with Crippen molar-refractivity contribution in [2.75, 3.05) is 62.6 Å². The van der Waals surface area contributed by atoms with E-state index in [4.69, 9.17) is 14.7 Å². The molecule has 0 spiro atoms. The molecule has 17 nitrogen and oxygen atoms in total. The van der Waals surface area contributed by atoms with Crippen LogP contribution in [0.25, 0.3) is 33.3 Å². The van der Waals surface area contributed by atoms with Crippen LogP contribution in [0.2, 0.25) is 0 Å². The van der Waals surface area contributed by atoms with Gasteiger partial charge in [0.05, 0.1) is 46.8 Å². The number of hydrogen-bond donors (Lipinski definition) is 2. The number of imidazole rings is 2. The topological polar surface area (TPSA) is 172 Å². The fraction of sp³-hybridized carbons (Fsp3) is 0.561. The zero-order valence-corrected chi connectivity index (χ0v) is 43.5. The molecule has 6 aliphatic rings. The van der Waals surface area contributed by atoms with E-state index in [1.165, 1.54) is 28.4 Å². The molecule has 0 radical (unpaired) electrons. The molecule has 2 aromatic carbocycles. The van der Waals surface area contributed by atoms with E-state index in [1.807, 2.05) is 28.3 Å². The lowest BCUT2D eigenvalue weighted by atomic mass is 9.72. The van der Waals surface area contributed by atoms with Gasteiger partial charge in [0.15, 0.2) is 5.82 Å². The Morgan fingerprint density at radius 3 is 2.45 bits per heavy atom. The normalized spacial score (nSPS) is 22.9. The van der Waals surface area contributed by atoms with Crippen molar-refractivity contribution in [3.05, 3.63) is 70.4 Å². The first-order valence-corrected chi connectivity index (χ1v) is 27.3. The number of pyridine rings is 1. The van der Waals surface area contributed by atoms with E-state index < -0.39 is 11.9 Å². The predicted molar refractivity (Wildman–Crippen MR) is 285 cm³/mol. The number of aromatic nitrogens is 5. The molecule has 7 heterocycles. The second-order valence-electron chi connectivity index (χ2n) is 22.4. The summed E-state index contributed by atoms with van der Waals surface area (Å²) >= 11 is 0. The molecular weight excluding hydrogens is 935 g/mol. The van der Waals surface area contributed by atoms with Crippen LogP contribution in [0.5, 0.6) is 0 Å². The molecule has 4 amide bonds. The lowest BCUT2D eigenvalue weighted by molar-refractivity contribution is -0.136. The van der Waals surface area contributed by atoms with Gasteiger partial charge in [0, 0.05) is 75.1 Å². The molecule has 2 saturated carbocycles. The molecule has 2 N–H and O–H groups in total. The summed E-state index contributed by atoms with van der Waals surface area (Å²) in [4.78, 5) is 84.2. The Hall–Kier alpha value is -6.35. The SMILES string of the molecule is CC(C)n1cnc2cc(-c3ccc(C4(C)CCN(C(=O)CN5CCC(OCC#Cc6cccc7c6n(C)c(=O)n7C6CCC(=O)NC6=O)CC5)CC4)c(N(C=O)C4CC(N5CCCCC5)C4)c3)nc(NC3CC3)c21. The Kier molecular flexibility index (Phi) is 14.0. The van der Waals surface area contributed by atoms with Gasteiger partial charge in [-0.15, -0.1) is 0 Å². The van der Waals surface area contributed by atoms with E-state index in [9.17, 15) is 24.0 Å². The monoisotopic (exact) mass is 1010 g/mol. The van der Waals surface area contributed by atoms with Crippen molar-refractivity contribution in [2.45, 2.75) is 146 Å². The quantitative estimate of drug-likeness (QED) is 0.0730. The smallest absolute Gasteiger partial charge is 0.329 e. The number of rotatable bonds is 14. The molecule has 1 unspecified atom stereocenters. The highest BCUT2D eigenvalue weighted by atomic mass is 16.5. The minimum absolute atomic E-state index is 0.0193. The maximum atomic E-state index is 14.0. The number of anilines is 2. The fourth-order valence-electron chi connectivity index (χ4n) is 12.3. The van der Waals surface area contributed by atoms with E-state index in [-0.39, 0.29) is 60.6 Å². The second-order valence-corrected chi connectivity index (χ2v) is 22.4. The molecule has 5 aromatic rings. The summed E-state index contributed by atoms with van der Waals surface area (Å²) in [5.74, 6) is 6.53. The molecule has 6 fully saturated rings. The predicted octanol–water partition coefficient (Wildman–Crippen LogP) is 6.28. The Morgan fingerprint density at radius 1 is 0.959 bits per heavy atom. The van der Waals surface area contributed by atoms with Crippen LogP contribution in [0.4, 0.5) is 11.5 Å². The van der Waals surface area contributed by atoms with E-state index in [0.717, 1.165) is 123 Å². The number of carbonyl (C=O) groups excluding carboxylic acids is 4. The Balaban J connectivity index is 0.731. The number of amides is 4. The molecule has 74 heavy (non-hydrogen) atoms. The molecule has 17 heteroatoms. The van der Waals surface area contributed by atoms with Crippen molar-refractivity contribution in [3.8, 4) is 23.1 Å². The van der Waals surface area contributed by atoms with Crippen LogP contribution < -0.4 is 21.2 Å². The number of para-hydroxylation sites is 1. The minimum Gasteiger partial charge on any atom is -0.366 e. The highest BCUT2D eigenvalue weighted by molar-refractivity contribution is 6.00. The fourth-order valence-corrected chi connectivity index (χ4v) is 12.3. The number of carbonyl (C=O) groups is 4. The van der Waals surface area contributed by atoms with Crippen molar-refractivity contribution in [1.29, 1.82) is 0 Å².